The first kappa shape index (κ1) is 30.4. The molecule has 2 aromatic carbocycles. The highest BCUT2D eigenvalue weighted by Gasteiger charge is 2.58. The van der Waals surface area contributed by atoms with Gasteiger partial charge in [0.25, 0.3) is 0 Å². The van der Waals surface area contributed by atoms with Gasteiger partial charge in [-0.2, -0.15) is 0 Å². The average Bonchev–Trinajstić information content (AvgIpc) is 3.62. The summed E-state index contributed by atoms with van der Waals surface area (Å²) in [6.45, 7) is 0.721. The minimum absolute atomic E-state index is 0.000686. The van der Waals surface area contributed by atoms with Crippen molar-refractivity contribution >= 4 is 23.5 Å². The fraction of sp³-hybridized carbons (Fsp3) is 0.395. The molecule has 3 fully saturated rings. The maximum atomic E-state index is 14.2. The number of hydrogen-bond donors (Lipinski definition) is 1. The molecule has 4 atom stereocenters. The summed E-state index contributed by atoms with van der Waals surface area (Å²) >= 11 is 0. The van der Waals surface area contributed by atoms with E-state index in [1.165, 1.54) is 12.1 Å². The van der Waals surface area contributed by atoms with Crippen LogP contribution in [0.15, 0.2) is 84.1 Å². The maximum absolute atomic E-state index is 14.2. The van der Waals surface area contributed by atoms with Crippen molar-refractivity contribution in [2.75, 3.05) is 13.2 Å². The van der Waals surface area contributed by atoms with Gasteiger partial charge < -0.3 is 14.6 Å². The van der Waals surface area contributed by atoms with Crippen LogP contribution in [0.3, 0.4) is 0 Å². The summed E-state index contributed by atoms with van der Waals surface area (Å²) in [6.07, 6.45) is 10.1. The number of aromatic nitrogens is 1. The van der Waals surface area contributed by atoms with Crippen molar-refractivity contribution in [2.24, 2.45) is 17.8 Å². The first-order valence-electron chi connectivity index (χ1n) is 16.5. The molecular formula is C38H39FN2O5. The fourth-order valence-corrected chi connectivity index (χ4v) is 7.94. The fourth-order valence-electron chi connectivity index (χ4n) is 7.94. The average molecular weight is 623 g/mol. The number of likely N-dealkylation sites (tertiary alicyclic amines) is 1. The molecule has 2 amide bonds. The van der Waals surface area contributed by atoms with Gasteiger partial charge in [0.1, 0.15) is 12.4 Å². The van der Waals surface area contributed by atoms with Gasteiger partial charge in [-0.1, -0.05) is 49.6 Å². The van der Waals surface area contributed by atoms with Crippen LogP contribution in [0.5, 0.6) is 11.5 Å². The number of carbonyl (C=O) groups excluding carboxylic acids is 2. The second-order valence-corrected chi connectivity index (χ2v) is 12.9. The van der Waals surface area contributed by atoms with Gasteiger partial charge in [-0.05, 0) is 96.9 Å². The van der Waals surface area contributed by atoms with Gasteiger partial charge >= 0.3 is 0 Å². The lowest BCUT2D eigenvalue weighted by Gasteiger charge is -2.32. The highest BCUT2D eigenvalue weighted by Crippen LogP contribution is 2.51. The summed E-state index contributed by atoms with van der Waals surface area (Å²) in [5.41, 5.74) is 4.45. The number of phenols is 1. The normalized spacial score (nSPS) is 25.2. The van der Waals surface area contributed by atoms with Gasteiger partial charge in [0, 0.05) is 18.2 Å². The Kier molecular flexibility index (Phi) is 8.71. The third-order valence-corrected chi connectivity index (χ3v) is 10.1. The highest BCUT2D eigenvalue weighted by atomic mass is 19.1. The van der Waals surface area contributed by atoms with Crippen LogP contribution in [0, 0.1) is 23.6 Å². The van der Waals surface area contributed by atoms with Crippen molar-refractivity contribution in [2.45, 2.75) is 63.5 Å². The van der Waals surface area contributed by atoms with Crippen molar-refractivity contribution in [3.05, 3.63) is 101 Å². The number of fused-ring (bicyclic) bond motifs is 3. The molecule has 3 aromatic rings. The Bertz CT molecular complexity index is 1650. The number of nitrogens with zero attached hydrogens (tertiary/aromatic N) is 2. The molecule has 2 saturated heterocycles. The number of para-hydroxylation sites is 1. The first-order valence-corrected chi connectivity index (χ1v) is 16.5. The summed E-state index contributed by atoms with van der Waals surface area (Å²) < 4.78 is 27.0. The predicted octanol–water partition coefficient (Wildman–Crippen LogP) is 6.98. The molecule has 8 heteroatoms. The summed E-state index contributed by atoms with van der Waals surface area (Å²) in [7, 11) is 0. The Morgan fingerprint density at radius 1 is 1.00 bits per heavy atom. The number of rotatable bonds is 9. The van der Waals surface area contributed by atoms with Crippen molar-refractivity contribution in [3.63, 3.8) is 0 Å². The lowest BCUT2D eigenvalue weighted by molar-refractivity contribution is -0.143. The standard InChI is InChI=1S/C38H39FN2O5/c39-31-20-24(14-16-33(31)42)19-25(32-13-7-8-18-40-32)15-17-34-35-26(22-45-28-11-5-2-6-12-28)21-29-36(30(35)23-46-34)38(44)41(37(29)43)27-9-3-1-4-10-27/h2,5-8,11-14,16,18-20,27,29-30,34,36,42H,1,3-4,9-10,15,17,21-23H2/b25-19-/t29-,30+,34-,36-/m1/s1. The molecule has 2 aliphatic heterocycles. The maximum Gasteiger partial charge on any atom is 0.234 e. The topological polar surface area (TPSA) is 89.0 Å². The van der Waals surface area contributed by atoms with Gasteiger partial charge in [-0.3, -0.25) is 19.5 Å². The molecule has 2 aliphatic carbocycles. The van der Waals surface area contributed by atoms with Crippen LogP contribution in [-0.4, -0.2) is 52.2 Å². The van der Waals surface area contributed by atoms with Gasteiger partial charge in [0.2, 0.25) is 11.8 Å². The Balaban J connectivity index is 1.18. The third kappa shape index (κ3) is 5.98. The number of allylic oxidation sites excluding steroid dienone is 1. The van der Waals surface area contributed by atoms with E-state index in [1.54, 1.807) is 17.2 Å². The number of carbonyl (C=O) groups is 2. The molecule has 7 nitrogen and oxygen atoms in total. The van der Waals surface area contributed by atoms with E-state index in [9.17, 15) is 19.1 Å². The van der Waals surface area contributed by atoms with Crippen LogP contribution in [0.2, 0.25) is 0 Å². The number of ether oxygens (including phenoxy) is 2. The van der Waals surface area contributed by atoms with Crippen molar-refractivity contribution in [3.8, 4) is 11.5 Å². The summed E-state index contributed by atoms with van der Waals surface area (Å²) in [5.74, 6) is -1.33. The second kappa shape index (κ2) is 13.2. The van der Waals surface area contributed by atoms with Crippen LogP contribution in [0.25, 0.3) is 11.6 Å². The van der Waals surface area contributed by atoms with Crippen molar-refractivity contribution in [1.82, 2.24) is 9.88 Å². The number of hydrogen-bond acceptors (Lipinski definition) is 6. The number of pyridine rings is 1. The van der Waals surface area contributed by atoms with E-state index in [-0.39, 0.29) is 35.8 Å². The zero-order valence-electron chi connectivity index (χ0n) is 25.8. The molecule has 1 N–H and O–H groups in total. The van der Waals surface area contributed by atoms with Gasteiger partial charge in [-0.25, -0.2) is 4.39 Å². The summed E-state index contributed by atoms with van der Waals surface area (Å²) in [5, 5.41) is 9.70. The Hall–Kier alpha value is -4.30. The monoisotopic (exact) mass is 622 g/mol. The smallest absolute Gasteiger partial charge is 0.234 e. The lowest BCUT2D eigenvalue weighted by atomic mass is 9.69. The molecule has 1 aromatic heterocycles. The predicted molar refractivity (Wildman–Crippen MR) is 172 cm³/mol. The molecule has 0 bridgehead atoms. The molecule has 3 heterocycles. The van der Waals surface area contributed by atoms with Crippen LogP contribution >= 0.6 is 0 Å². The third-order valence-electron chi connectivity index (χ3n) is 10.1. The summed E-state index contributed by atoms with van der Waals surface area (Å²) in [6, 6.07) is 19.7. The van der Waals surface area contributed by atoms with E-state index in [0.29, 0.717) is 38.0 Å². The highest BCUT2D eigenvalue weighted by molar-refractivity contribution is 6.06. The van der Waals surface area contributed by atoms with Gasteiger partial charge in [-0.15, -0.1) is 0 Å². The minimum Gasteiger partial charge on any atom is -0.505 e. The SMILES string of the molecule is O=C1[C@@H]2[C@@H](CC(COc3ccccc3)=C3[C@@H](CC/C(=C/c4ccc(O)c(F)c4)c4ccccn4)OC[C@@H]32)C(=O)N1C1CCCCC1. The second-order valence-electron chi connectivity index (χ2n) is 12.9. The summed E-state index contributed by atoms with van der Waals surface area (Å²) in [4.78, 5) is 34.1. The molecule has 1 saturated carbocycles. The lowest BCUT2D eigenvalue weighted by Crippen LogP contribution is -2.42. The Morgan fingerprint density at radius 3 is 2.57 bits per heavy atom. The number of phenolic OH excluding ortho intramolecular Hbond substituents is 1. The molecule has 0 radical (unpaired) electrons. The van der Waals surface area contributed by atoms with Gasteiger partial charge in [0.15, 0.2) is 11.6 Å². The molecule has 4 aliphatic rings. The molecule has 0 spiro atoms. The van der Waals surface area contributed by atoms with E-state index in [4.69, 9.17) is 9.47 Å². The molecular weight excluding hydrogens is 583 g/mol. The number of amides is 2. The van der Waals surface area contributed by atoms with E-state index in [2.05, 4.69) is 4.98 Å². The Labute approximate surface area is 268 Å². The Morgan fingerprint density at radius 2 is 1.80 bits per heavy atom. The van der Waals surface area contributed by atoms with Crippen LogP contribution in [-0.2, 0) is 14.3 Å². The minimum atomic E-state index is -0.681. The first-order chi connectivity index (χ1) is 22.5. The van der Waals surface area contributed by atoms with Crippen LogP contribution in [0.4, 0.5) is 4.39 Å². The zero-order valence-corrected chi connectivity index (χ0v) is 25.8. The zero-order chi connectivity index (χ0) is 31.6. The number of imide groups is 1. The molecule has 7 rings (SSSR count). The molecule has 46 heavy (non-hydrogen) atoms. The van der Waals surface area contributed by atoms with Crippen molar-refractivity contribution < 1.29 is 28.6 Å². The van der Waals surface area contributed by atoms with Crippen molar-refractivity contribution in [1.29, 1.82) is 0 Å². The quantitative estimate of drug-likeness (QED) is 0.205. The number of aromatic hydroxyl groups is 1. The van der Waals surface area contributed by atoms with E-state index < -0.39 is 17.5 Å². The van der Waals surface area contributed by atoms with Gasteiger partial charge in [0.05, 0.1) is 30.2 Å². The van der Waals surface area contributed by atoms with Crippen LogP contribution < -0.4 is 4.74 Å². The largest absolute Gasteiger partial charge is 0.505 e. The van der Waals surface area contributed by atoms with E-state index in [1.807, 2.05) is 54.6 Å². The van der Waals surface area contributed by atoms with E-state index >= 15 is 0 Å². The van der Waals surface area contributed by atoms with Crippen LogP contribution in [0.1, 0.15) is 62.6 Å². The van der Waals surface area contributed by atoms with E-state index in [0.717, 1.165) is 60.3 Å². The molecule has 238 valence electrons. The molecule has 0 unspecified atom stereocenters. The number of halogens is 1. The number of benzene rings is 2.